The van der Waals surface area contributed by atoms with Gasteiger partial charge in [-0.05, 0) is 39.0 Å². The predicted molar refractivity (Wildman–Crippen MR) is 78.7 cm³/mol. The third-order valence-corrected chi connectivity index (χ3v) is 4.39. The first-order valence-electron chi connectivity index (χ1n) is 7.81. The molecular formula is C15H28N2O3. The molecule has 0 spiro atoms. The van der Waals surface area contributed by atoms with Crippen LogP contribution in [0.3, 0.4) is 0 Å². The normalized spacial score (nSPS) is 19.1. The molecule has 0 aliphatic heterocycles. The molecule has 0 aromatic rings. The van der Waals surface area contributed by atoms with Crippen molar-refractivity contribution in [3.63, 3.8) is 0 Å². The zero-order valence-electron chi connectivity index (χ0n) is 12.9. The second-order valence-corrected chi connectivity index (χ2v) is 5.71. The number of aliphatic carboxylic acids is 1. The minimum Gasteiger partial charge on any atom is -0.480 e. The van der Waals surface area contributed by atoms with Crippen molar-refractivity contribution in [2.24, 2.45) is 5.92 Å². The maximum absolute atomic E-state index is 12.3. The van der Waals surface area contributed by atoms with E-state index in [1.165, 1.54) is 6.42 Å². The maximum atomic E-state index is 12.3. The Balaban J connectivity index is 2.68. The Morgan fingerprint density at radius 3 is 2.30 bits per heavy atom. The van der Waals surface area contributed by atoms with Crippen molar-refractivity contribution in [1.29, 1.82) is 0 Å². The van der Waals surface area contributed by atoms with Gasteiger partial charge in [0.05, 0.1) is 0 Å². The van der Waals surface area contributed by atoms with Crippen LogP contribution in [0, 0.1) is 5.92 Å². The fourth-order valence-electron chi connectivity index (χ4n) is 2.94. The van der Waals surface area contributed by atoms with Gasteiger partial charge >= 0.3 is 12.0 Å². The molecule has 1 rings (SSSR count). The van der Waals surface area contributed by atoms with E-state index in [4.69, 9.17) is 0 Å². The second-order valence-electron chi connectivity index (χ2n) is 5.71. The summed E-state index contributed by atoms with van der Waals surface area (Å²) in [6.07, 6.45) is 5.95. The number of hydrogen-bond donors (Lipinski definition) is 2. The van der Waals surface area contributed by atoms with E-state index in [1.54, 1.807) is 4.90 Å². The van der Waals surface area contributed by atoms with E-state index < -0.39 is 12.0 Å². The van der Waals surface area contributed by atoms with Gasteiger partial charge in [-0.1, -0.05) is 26.2 Å². The van der Waals surface area contributed by atoms with E-state index in [0.717, 1.165) is 32.1 Å². The number of amides is 2. The molecule has 5 nitrogen and oxygen atoms in total. The molecule has 2 unspecified atom stereocenters. The molecule has 1 saturated carbocycles. The van der Waals surface area contributed by atoms with E-state index in [1.807, 2.05) is 20.8 Å². The highest BCUT2D eigenvalue weighted by Crippen LogP contribution is 2.26. The van der Waals surface area contributed by atoms with Crippen molar-refractivity contribution in [1.82, 2.24) is 10.2 Å². The third kappa shape index (κ3) is 4.39. The van der Waals surface area contributed by atoms with E-state index in [2.05, 4.69) is 5.32 Å². The number of rotatable bonds is 6. The fourth-order valence-corrected chi connectivity index (χ4v) is 2.94. The van der Waals surface area contributed by atoms with Crippen molar-refractivity contribution < 1.29 is 14.7 Å². The van der Waals surface area contributed by atoms with Gasteiger partial charge in [0.2, 0.25) is 0 Å². The second kappa shape index (κ2) is 8.12. The summed E-state index contributed by atoms with van der Waals surface area (Å²) in [6, 6.07) is -0.874. The van der Waals surface area contributed by atoms with Crippen LogP contribution in [0.15, 0.2) is 0 Å². The highest BCUT2D eigenvalue weighted by Gasteiger charge is 2.32. The molecule has 20 heavy (non-hydrogen) atoms. The third-order valence-electron chi connectivity index (χ3n) is 4.39. The van der Waals surface area contributed by atoms with E-state index >= 15 is 0 Å². The average Bonchev–Trinajstić information content (AvgIpc) is 2.45. The molecule has 1 aliphatic carbocycles. The number of carboxylic acid groups (broad SMARTS) is 1. The zero-order valence-corrected chi connectivity index (χ0v) is 12.9. The first-order chi connectivity index (χ1) is 9.51. The number of nitrogens with zero attached hydrogens (tertiary/aromatic N) is 1. The summed E-state index contributed by atoms with van der Waals surface area (Å²) in [7, 11) is 0. The molecule has 0 saturated heterocycles. The van der Waals surface area contributed by atoms with Gasteiger partial charge in [0, 0.05) is 12.6 Å². The lowest BCUT2D eigenvalue weighted by atomic mass is 9.84. The molecule has 5 heteroatoms. The molecule has 1 fully saturated rings. The van der Waals surface area contributed by atoms with Gasteiger partial charge in [-0.15, -0.1) is 0 Å². The van der Waals surface area contributed by atoms with Gasteiger partial charge in [0.1, 0.15) is 6.04 Å². The summed E-state index contributed by atoms with van der Waals surface area (Å²) in [5.41, 5.74) is 0. The molecule has 0 aromatic carbocycles. The van der Waals surface area contributed by atoms with Gasteiger partial charge in [0.25, 0.3) is 0 Å². The number of carbonyl (C=O) groups is 2. The molecule has 0 aromatic heterocycles. The Labute approximate surface area is 121 Å². The summed E-state index contributed by atoms with van der Waals surface area (Å²) in [4.78, 5) is 25.4. The molecule has 2 N–H and O–H groups in total. The maximum Gasteiger partial charge on any atom is 0.326 e. The molecule has 116 valence electrons. The van der Waals surface area contributed by atoms with Gasteiger partial charge in [-0.3, -0.25) is 0 Å². The number of nitrogens with one attached hydrogen (secondary N) is 1. The Morgan fingerprint density at radius 1 is 1.25 bits per heavy atom. The van der Waals surface area contributed by atoms with Gasteiger partial charge in [-0.25, -0.2) is 9.59 Å². The number of urea groups is 1. The fraction of sp³-hybridized carbons (Fsp3) is 0.867. The molecule has 0 radical (unpaired) electrons. The first-order valence-corrected chi connectivity index (χ1v) is 7.81. The molecule has 2 amide bonds. The summed E-state index contributed by atoms with van der Waals surface area (Å²) in [5.74, 6) is -0.841. The minimum absolute atomic E-state index is 0.0702. The van der Waals surface area contributed by atoms with Crippen LogP contribution in [0.2, 0.25) is 0 Å². The predicted octanol–water partition coefficient (Wildman–Crippen LogP) is 2.85. The Bertz CT molecular complexity index is 327. The van der Waals surface area contributed by atoms with Crippen LogP contribution in [-0.2, 0) is 4.79 Å². The lowest BCUT2D eigenvalue weighted by Gasteiger charge is -2.32. The van der Waals surface area contributed by atoms with Crippen molar-refractivity contribution in [3.05, 3.63) is 0 Å². The quantitative estimate of drug-likeness (QED) is 0.788. The molecule has 1 aliphatic rings. The lowest BCUT2D eigenvalue weighted by molar-refractivity contribution is -0.141. The highest BCUT2D eigenvalue weighted by molar-refractivity contribution is 5.83. The minimum atomic E-state index is -0.912. The average molecular weight is 284 g/mol. The summed E-state index contributed by atoms with van der Waals surface area (Å²) in [5, 5.41) is 12.1. The smallest absolute Gasteiger partial charge is 0.326 e. The standard InChI is InChI=1S/C15H28N2O3/c1-4-11(3)17(5-2)15(20)16-13(14(18)19)12-9-7-6-8-10-12/h11-13H,4-10H2,1-3H3,(H,16,20)(H,18,19). The van der Waals surface area contributed by atoms with E-state index in [9.17, 15) is 14.7 Å². The largest absolute Gasteiger partial charge is 0.480 e. The molecular weight excluding hydrogens is 256 g/mol. The van der Waals surface area contributed by atoms with Gasteiger partial charge < -0.3 is 15.3 Å². The SMILES string of the molecule is CCC(C)N(CC)C(=O)NC(C(=O)O)C1CCCCC1. The van der Waals surface area contributed by atoms with Crippen molar-refractivity contribution >= 4 is 12.0 Å². The number of carbonyl (C=O) groups excluding carboxylic acids is 1. The summed E-state index contributed by atoms with van der Waals surface area (Å²) < 4.78 is 0. The topological polar surface area (TPSA) is 69.6 Å². The number of hydrogen-bond acceptors (Lipinski definition) is 2. The van der Waals surface area contributed by atoms with Crippen molar-refractivity contribution in [3.8, 4) is 0 Å². The monoisotopic (exact) mass is 284 g/mol. The first kappa shape index (κ1) is 16.8. The lowest BCUT2D eigenvalue weighted by Crippen LogP contribution is -2.53. The Hall–Kier alpha value is -1.26. The van der Waals surface area contributed by atoms with Crippen LogP contribution in [0.5, 0.6) is 0 Å². The van der Waals surface area contributed by atoms with Crippen LogP contribution >= 0.6 is 0 Å². The van der Waals surface area contributed by atoms with E-state index in [0.29, 0.717) is 6.54 Å². The molecule has 0 heterocycles. The Kier molecular flexibility index (Phi) is 6.82. The number of carboxylic acids is 1. The van der Waals surface area contributed by atoms with Crippen LogP contribution in [0.1, 0.15) is 59.3 Å². The van der Waals surface area contributed by atoms with Crippen molar-refractivity contribution in [2.45, 2.75) is 71.4 Å². The molecule has 2 atom stereocenters. The Morgan fingerprint density at radius 2 is 1.85 bits per heavy atom. The van der Waals surface area contributed by atoms with Gasteiger partial charge in [0.15, 0.2) is 0 Å². The van der Waals surface area contributed by atoms with Crippen LogP contribution < -0.4 is 5.32 Å². The summed E-state index contributed by atoms with van der Waals surface area (Å²) in [6.45, 7) is 6.52. The van der Waals surface area contributed by atoms with Crippen LogP contribution in [0.25, 0.3) is 0 Å². The van der Waals surface area contributed by atoms with Gasteiger partial charge in [-0.2, -0.15) is 0 Å². The zero-order chi connectivity index (χ0) is 15.1. The highest BCUT2D eigenvalue weighted by atomic mass is 16.4. The summed E-state index contributed by atoms with van der Waals surface area (Å²) >= 11 is 0. The molecule has 0 bridgehead atoms. The van der Waals surface area contributed by atoms with Crippen LogP contribution in [-0.4, -0.2) is 40.6 Å². The van der Waals surface area contributed by atoms with Crippen molar-refractivity contribution in [2.75, 3.05) is 6.54 Å². The van der Waals surface area contributed by atoms with E-state index in [-0.39, 0.29) is 18.0 Å². The van der Waals surface area contributed by atoms with Crippen LogP contribution in [0.4, 0.5) is 4.79 Å².